The molecule has 11 heteroatoms. The van der Waals surface area contributed by atoms with Crippen molar-refractivity contribution in [1.29, 1.82) is 0 Å². The fraction of sp³-hybridized carbons (Fsp3) is 0.267. The minimum Gasteiger partial charge on any atom is -0.497 e. The summed E-state index contributed by atoms with van der Waals surface area (Å²) in [6, 6.07) is 5.03. The fourth-order valence-electron chi connectivity index (χ4n) is 1.96. The lowest BCUT2D eigenvalue weighted by atomic mass is 10.0. The first-order valence-corrected chi connectivity index (χ1v) is 7.32. The minimum atomic E-state index is -1.21. The second-order valence-electron chi connectivity index (χ2n) is 5.56. The number of nitrogens with zero attached hydrogens (tertiary/aromatic N) is 4. The van der Waals surface area contributed by atoms with Crippen LogP contribution in [0.5, 0.6) is 5.75 Å². The number of phenolic OH excluding ortho intramolecular Hbond substituents is 1. The van der Waals surface area contributed by atoms with E-state index in [1.54, 1.807) is 0 Å². The van der Waals surface area contributed by atoms with E-state index < -0.39 is 37.6 Å². The van der Waals surface area contributed by atoms with Gasteiger partial charge in [0, 0.05) is 12.4 Å². The molecular weight excluding hydrogens is 348 g/mol. The smallest absolute Gasteiger partial charge is 0.324 e. The van der Waals surface area contributed by atoms with Crippen molar-refractivity contribution in [2.75, 3.05) is 0 Å². The van der Waals surface area contributed by atoms with Gasteiger partial charge in [-0.25, -0.2) is 0 Å². The maximum atomic E-state index is 10.4. The molecule has 0 bridgehead atoms. The Balaban J connectivity index is 0.000000289. The van der Waals surface area contributed by atoms with Crippen molar-refractivity contribution in [3.63, 3.8) is 0 Å². The Labute approximate surface area is 147 Å². The van der Waals surface area contributed by atoms with Crippen LogP contribution in [0.4, 0.5) is 17.1 Å². The van der Waals surface area contributed by atoms with Crippen molar-refractivity contribution in [2.24, 2.45) is 5.92 Å². The number of rotatable bonds is 5. The first kappa shape index (κ1) is 20.4. The summed E-state index contributed by atoms with van der Waals surface area (Å²) in [5, 5.41) is 40.2. The van der Waals surface area contributed by atoms with E-state index in [1.807, 2.05) is 12.4 Å². The highest BCUT2D eigenvalue weighted by atomic mass is 16.6. The zero-order valence-electron chi connectivity index (χ0n) is 13.9. The van der Waals surface area contributed by atoms with E-state index in [-0.39, 0.29) is 0 Å². The highest BCUT2D eigenvalue weighted by molar-refractivity contribution is 5.64. The predicted octanol–water partition coefficient (Wildman–Crippen LogP) is 3.40. The van der Waals surface area contributed by atoms with Crippen LogP contribution in [0.2, 0.25) is 0 Å². The third-order valence-electron chi connectivity index (χ3n) is 3.05. The van der Waals surface area contributed by atoms with Crippen molar-refractivity contribution in [1.82, 2.24) is 4.98 Å². The molecule has 0 saturated heterocycles. The third kappa shape index (κ3) is 5.78. The molecule has 0 radical (unpaired) electrons. The van der Waals surface area contributed by atoms with Gasteiger partial charge in [0.1, 0.15) is 0 Å². The van der Waals surface area contributed by atoms with Crippen LogP contribution in [0.15, 0.2) is 36.7 Å². The summed E-state index contributed by atoms with van der Waals surface area (Å²) >= 11 is 0. The van der Waals surface area contributed by atoms with Crippen LogP contribution in [-0.2, 0) is 6.42 Å². The molecule has 138 valence electrons. The van der Waals surface area contributed by atoms with Crippen LogP contribution in [0.3, 0.4) is 0 Å². The summed E-state index contributed by atoms with van der Waals surface area (Å²) in [7, 11) is 0. The molecule has 1 N–H and O–H groups in total. The van der Waals surface area contributed by atoms with Crippen molar-refractivity contribution in [2.45, 2.75) is 20.3 Å². The van der Waals surface area contributed by atoms with Crippen molar-refractivity contribution < 1.29 is 19.9 Å². The number of nitro groups is 3. The Morgan fingerprint density at radius 3 is 1.77 bits per heavy atom. The quantitative estimate of drug-likeness (QED) is 0.623. The SMILES string of the molecule is CC(C)Cc1ccncc1.O=[N+]([O-])c1cc([N+](=O)[O-])c(O)c([N+](=O)[O-])c1. The van der Waals surface area contributed by atoms with Gasteiger partial charge >= 0.3 is 11.4 Å². The normalized spacial score (nSPS) is 9.96. The zero-order chi connectivity index (χ0) is 19.9. The lowest BCUT2D eigenvalue weighted by molar-refractivity contribution is -0.404. The number of aromatic hydroxyl groups is 1. The van der Waals surface area contributed by atoms with Gasteiger partial charge in [0.05, 0.1) is 26.9 Å². The Hall–Kier alpha value is -3.63. The van der Waals surface area contributed by atoms with Gasteiger partial charge in [0.15, 0.2) is 0 Å². The Morgan fingerprint density at radius 1 is 0.962 bits per heavy atom. The van der Waals surface area contributed by atoms with Gasteiger partial charge in [0.2, 0.25) is 0 Å². The molecular formula is C15H16N4O7. The molecule has 0 aliphatic carbocycles. The molecule has 1 aromatic carbocycles. The van der Waals surface area contributed by atoms with Gasteiger partial charge in [-0.05, 0) is 30.0 Å². The van der Waals surface area contributed by atoms with E-state index in [4.69, 9.17) is 5.11 Å². The largest absolute Gasteiger partial charge is 0.497 e. The van der Waals surface area contributed by atoms with Crippen LogP contribution in [0.25, 0.3) is 0 Å². The number of hydrogen-bond acceptors (Lipinski definition) is 8. The second kappa shape index (κ2) is 9.01. The summed E-state index contributed by atoms with van der Waals surface area (Å²) in [4.78, 5) is 31.7. The maximum absolute atomic E-state index is 10.4. The number of benzene rings is 1. The summed E-state index contributed by atoms with van der Waals surface area (Å²) in [6.45, 7) is 4.45. The third-order valence-corrected chi connectivity index (χ3v) is 3.05. The fourth-order valence-corrected chi connectivity index (χ4v) is 1.96. The molecule has 0 amide bonds. The van der Waals surface area contributed by atoms with Crippen molar-refractivity contribution >= 4 is 17.1 Å². The van der Waals surface area contributed by atoms with Crippen LogP contribution < -0.4 is 0 Å². The topological polar surface area (TPSA) is 163 Å². The Bertz CT molecular complexity index is 774. The number of non-ortho nitro benzene ring substituents is 1. The maximum Gasteiger partial charge on any atom is 0.324 e. The van der Waals surface area contributed by atoms with E-state index in [0.717, 1.165) is 12.3 Å². The number of nitro benzene ring substituents is 3. The molecule has 1 heterocycles. The van der Waals surface area contributed by atoms with Gasteiger partial charge < -0.3 is 5.11 Å². The van der Waals surface area contributed by atoms with Crippen molar-refractivity contribution in [3.05, 3.63) is 72.6 Å². The predicted molar refractivity (Wildman–Crippen MR) is 90.8 cm³/mol. The van der Waals surface area contributed by atoms with Crippen LogP contribution in [-0.4, -0.2) is 24.9 Å². The van der Waals surface area contributed by atoms with E-state index in [2.05, 4.69) is 31.0 Å². The number of pyridine rings is 1. The zero-order valence-corrected chi connectivity index (χ0v) is 13.9. The highest BCUT2D eigenvalue weighted by Gasteiger charge is 2.30. The molecule has 0 saturated carbocycles. The van der Waals surface area contributed by atoms with E-state index in [0.29, 0.717) is 12.1 Å². The summed E-state index contributed by atoms with van der Waals surface area (Å²) < 4.78 is 0. The van der Waals surface area contributed by atoms with Gasteiger partial charge in [-0.2, -0.15) is 0 Å². The first-order valence-electron chi connectivity index (χ1n) is 7.32. The summed E-state index contributed by atoms with van der Waals surface area (Å²) in [5.74, 6) is -0.469. The molecule has 1 aromatic heterocycles. The minimum absolute atomic E-state index is 0.447. The summed E-state index contributed by atoms with van der Waals surface area (Å²) in [6.07, 6.45) is 4.85. The molecule has 0 aliphatic heterocycles. The van der Waals surface area contributed by atoms with Crippen LogP contribution >= 0.6 is 0 Å². The second-order valence-corrected chi connectivity index (χ2v) is 5.56. The highest BCUT2D eigenvalue weighted by Crippen LogP contribution is 2.38. The molecule has 0 aliphatic rings. The molecule has 26 heavy (non-hydrogen) atoms. The van der Waals surface area contributed by atoms with Gasteiger partial charge in [-0.15, -0.1) is 0 Å². The average Bonchev–Trinajstić information content (AvgIpc) is 2.55. The van der Waals surface area contributed by atoms with Gasteiger partial charge in [-0.1, -0.05) is 13.8 Å². The molecule has 11 nitrogen and oxygen atoms in total. The molecule has 2 rings (SSSR count). The number of hydrogen-bond donors (Lipinski definition) is 1. The van der Waals surface area contributed by atoms with Crippen LogP contribution in [0.1, 0.15) is 19.4 Å². The van der Waals surface area contributed by atoms with E-state index in [9.17, 15) is 30.3 Å². The lowest BCUT2D eigenvalue weighted by Gasteiger charge is -2.02. The van der Waals surface area contributed by atoms with E-state index in [1.165, 1.54) is 5.56 Å². The molecule has 2 aromatic rings. The average molecular weight is 364 g/mol. The van der Waals surface area contributed by atoms with Crippen LogP contribution in [0, 0.1) is 36.3 Å². The standard InChI is InChI=1S/C9H13N.C6H3N3O7/c1-8(2)7-9-3-5-10-6-4-9;10-6-4(8(13)14)1-3(7(11)12)2-5(6)9(15)16/h3-6,8H,7H2,1-2H3;1-2,10H. The number of phenols is 1. The first-order chi connectivity index (χ1) is 12.1. The Kier molecular flexibility index (Phi) is 7.08. The molecule has 0 spiro atoms. The Morgan fingerprint density at radius 2 is 1.42 bits per heavy atom. The molecule has 0 unspecified atom stereocenters. The van der Waals surface area contributed by atoms with Gasteiger partial charge in [0.25, 0.3) is 11.4 Å². The van der Waals surface area contributed by atoms with Crippen molar-refractivity contribution in [3.8, 4) is 5.75 Å². The van der Waals surface area contributed by atoms with Gasteiger partial charge in [-0.3, -0.25) is 35.3 Å². The lowest BCUT2D eigenvalue weighted by Crippen LogP contribution is -1.97. The monoisotopic (exact) mass is 364 g/mol. The molecule has 0 fully saturated rings. The molecule has 0 atom stereocenters. The number of aromatic nitrogens is 1. The summed E-state index contributed by atoms with van der Waals surface area (Å²) in [5.41, 5.74) is -1.62. The van der Waals surface area contributed by atoms with E-state index >= 15 is 0 Å².